The van der Waals surface area contributed by atoms with Crippen LogP contribution in [0.4, 0.5) is 5.69 Å². The van der Waals surface area contributed by atoms with Gasteiger partial charge in [-0.15, -0.1) is 0 Å². The normalized spacial score (nSPS) is 30.4. The summed E-state index contributed by atoms with van der Waals surface area (Å²) >= 11 is 0. The van der Waals surface area contributed by atoms with Crippen molar-refractivity contribution in [2.45, 2.75) is 25.8 Å². The van der Waals surface area contributed by atoms with Crippen LogP contribution in [0.15, 0.2) is 18.2 Å². The average Bonchev–Trinajstić information content (AvgIpc) is 2.54. The summed E-state index contributed by atoms with van der Waals surface area (Å²) in [6.45, 7) is 3.91. The maximum Gasteiger partial charge on any atom is 0.230 e. The van der Waals surface area contributed by atoms with E-state index in [1.807, 2.05) is 32.0 Å². The quantitative estimate of drug-likeness (QED) is 0.705. The lowest BCUT2D eigenvalue weighted by Crippen LogP contribution is -2.48. The molecule has 1 aromatic rings. The number of aryl methyl sites for hydroxylation is 1. The summed E-state index contributed by atoms with van der Waals surface area (Å²) in [4.78, 5) is 23.5. The zero-order valence-electron chi connectivity index (χ0n) is 9.83. The topological polar surface area (TPSA) is 58.2 Å². The van der Waals surface area contributed by atoms with Crippen LogP contribution in [-0.4, -0.2) is 11.8 Å². The van der Waals surface area contributed by atoms with Crippen LogP contribution in [0, 0.1) is 12.8 Å². The second-order valence-electron chi connectivity index (χ2n) is 5.05. The molecule has 2 atom stereocenters. The molecule has 0 radical (unpaired) electrons. The number of nitrogens with one attached hydrogen (secondary N) is 2. The molecule has 0 aromatic heterocycles. The maximum absolute atomic E-state index is 12.0. The minimum Gasteiger partial charge on any atom is -0.346 e. The van der Waals surface area contributed by atoms with Crippen LogP contribution in [0.3, 0.4) is 0 Å². The van der Waals surface area contributed by atoms with E-state index in [1.165, 1.54) is 0 Å². The van der Waals surface area contributed by atoms with Gasteiger partial charge in [-0.3, -0.25) is 9.59 Å². The molecular weight excluding hydrogens is 216 g/mol. The Hall–Kier alpha value is -1.84. The lowest BCUT2D eigenvalue weighted by molar-refractivity contribution is -0.123. The summed E-state index contributed by atoms with van der Waals surface area (Å²) in [5, 5.41) is 5.83. The third-order valence-corrected chi connectivity index (χ3v) is 3.79. The lowest BCUT2D eigenvalue weighted by atomic mass is 9.77. The van der Waals surface area contributed by atoms with Crippen LogP contribution in [0.1, 0.15) is 24.5 Å². The predicted molar refractivity (Wildman–Crippen MR) is 63.4 cm³/mol. The Kier molecular flexibility index (Phi) is 1.88. The second kappa shape index (κ2) is 3.09. The van der Waals surface area contributed by atoms with E-state index in [0.29, 0.717) is 0 Å². The van der Waals surface area contributed by atoms with Gasteiger partial charge >= 0.3 is 0 Å². The molecule has 1 fully saturated rings. The number of carbonyl (C=O) groups is 2. The number of amides is 2. The molecule has 2 aliphatic heterocycles. The molecule has 3 rings (SSSR count). The van der Waals surface area contributed by atoms with E-state index in [-0.39, 0.29) is 24.2 Å². The van der Waals surface area contributed by atoms with Gasteiger partial charge in [-0.25, -0.2) is 0 Å². The molecular formula is C13H14N2O2. The van der Waals surface area contributed by atoms with Gasteiger partial charge in [-0.1, -0.05) is 12.1 Å². The van der Waals surface area contributed by atoms with Gasteiger partial charge in [0.05, 0.1) is 11.5 Å². The van der Waals surface area contributed by atoms with Crippen molar-refractivity contribution in [3.8, 4) is 0 Å². The van der Waals surface area contributed by atoms with Crippen molar-refractivity contribution in [3.63, 3.8) is 0 Å². The van der Waals surface area contributed by atoms with E-state index in [2.05, 4.69) is 10.6 Å². The Bertz CT molecular complexity index is 538. The van der Waals surface area contributed by atoms with E-state index in [4.69, 9.17) is 0 Å². The number of benzene rings is 1. The smallest absolute Gasteiger partial charge is 0.230 e. The zero-order chi connectivity index (χ0) is 12.2. The van der Waals surface area contributed by atoms with E-state index in [1.54, 1.807) is 0 Å². The number of hydrogen-bond acceptors (Lipinski definition) is 2. The number of hydrogen-bond donors (Lipinski definition) is 2. The third kappa shape index (κ3) is 1.30. The largest absolute Gasteiger partial charge is 0.346 e. The van der Waals surface area contributed by atoms with Gasteiger partial charge in [0.25, 0.3) is 0 Å². The van der Waals surface area contributed by atoms with Gasteiger partial charge in [0.1, 0.15) is 0 Å². The molecule has 0 bridgehead atoms. The van der Waals surface area contributed by atoms with Crippen molar-refractivity contribution < 1.29 is 9.59 Å². The molecule has 1 aromatic carbocycles. The molecule has 2 N–H and O–H groups in total. The fourth-order valence-corrected chi connectivity index (χ4v) is 2.86. The molecule has 4 nitrogen and oxygen atoms in total. The fraction of sp³-hybridized carbons (Fsp3) is 0.385. The number of carbonyl (C=O) groups excluding carboxylic acids is 2. The van der Waals surface area contributed by atoms with Gasteiger partial charge in [0.2, 0.25) is 11.8 Å². The number of rotatable bonds is 0. The van der Waals surface area contributed by atoms with Crippen LogP contribution in [0.25, 0.3) is 0 Å². The Labute approximate surface area is 99.4 Å². The highest BCUT2D eigenvalue weighted by Gasteiger charge is 2.51. The van der Waals surface area contributed by atoms with Crippen LogP contribution in [0.2, 0.25) is 0 Å². The molecule has 1 saturated heterocycles. The molecule has 88 valence electrons. The van der Waals surface area contributed by atoms with Crippen molar-refractivity contribution in [1.29, 1.82) is 0 Å². The third-order valence-electron chi connectivity index (χ3n) is 3.79. The molecule has 0 aliphatic carbocycles. The molecule has 2 amide bonds. The first-order valence-electron chi connectivity index (χ1n) is 5.74. The van der Waals surface area contributed by atoms with E-state index < -0.39 is 5.54 Å². The number of fused-ring (bicyclic) bond motifs is 3. The second-order valence-corrected chi connectivity index (χ2v) is 5.05. The molecule has 0 unspecified atom stereocenters. The SMILES string of the molecule is Cc1ccc2c(c1)NC(=O)[C@@H]1CC(=O)N[C@]21C. The number of anilines is 1. The summed E-state index contributed by atoms with van der Waals surface area (Å²) in [5.41, 5.74) is 2.35. The molecule has 2 aliphatic rings. The highest BCUT2D eigenvalue weighted by atomic mass is 16.2. The average molecular weight is 230 g/mol. The van der Waals surface area contributed by atoms with Crippen LogP contribution in [0.5, 0.6) is 0 Å². The fourth-order valence-electron chi connectivity index (χ4n) is 2.86. The van der Waals surface area contributed by atoms with E-state index >= 15 is 0 Å². The minimum atomic E-state index is -0.553. The van der Waals surface area contributed by atoms with Gasteiger partial charge < -0.3 is 10.6 Å². The Morgan fingerprint density at radius 1 is 1.35 bits per heavy atom. The lowest BCUT2D eigenvalue weighted by Gasteiger charge is -2.37. The summed E-state index contributed by atoms with van der Waals surface area (Å²) in [7, 11) is 0. The first-order valence-corrected chi connectivity index (χ1v) is 5.74. The summed E-state index contributed by atoms with van der Waals surface area (Å²) in [5.74, 6) is -0.421. The molecule has 4 heteroatoms. The summed E-state index contributed by atoms with van der Waals surface area (Å²) < 4.78 is 0. The zero-order valence-corrected chi connectivity index (χ0v) is 9.83. The molecule has 17 heavy (non-hydrogen) atoms. The van der Waals surface area contributed by atoms with Crippen molar-refractivity contribution in [1.82, 2.24) is 5.32 Å². The van der Waals surface area contributed by atoms with Crippen molar-refractivity contribution >= 4 is 17.5 Å². The first kappa shape index (κ1) is 10.3. The Balaban J connectivity index is 2.20. The first-order chi connectivity index (χ1) is 8.00. The van der Waals surface area contributed by atoms with Crippen LogP contribution >= 0.6 is 0 Å². The summed E-state index contributed by atoms with van der Waals surface area (Å²) in [6, 6.07) is 5.94. The summed E-state index contributed by atoms with van der Waals surface area (Å²) in [6.07, 6.45) is 0.273. The van der Waals surface area contributed by atoms with Gasteiger partial charge in [0, 0.05) is 17.7 Å². The highest BCUT2D eigenvalue weighted by molar-refractivity contribution is 6.02. The molecule has 2 heterocycles. The maximum atomic E-state index is 12.0. The van der Waals surface area contributed by atoms with E-state index in [9.17, 15) is 9.59 Å². The Morgan fingerprint density at radius 3 is 2.88 bits per heavy atom. The van der Waals surface area contributed by atoms with Gasteiger partial charge in [0.15, 0.2) is 0 Å². The Morgan fingerprint density at radius 2 is 2.12 bits per heavy atom. The minimum absolute atomic E-state index is 0.0546. The highest BCUT2D eigenvalue weighted by Crippen LogP contribution is 2.44. The monoisotopic (exact) mass is 230 g/mol. The molecule has 0 spiro atoms. The van der Waals surface area contributed by atoms with E-state index in [0.717, 1.165) is 16.8 Å². The van der Waals surface area contributed by atoms with Crippen molar-refractivity contribution in [3.05, 3.63) is 29.3 Å². The van der Waals surface area contributed by atoms with Crippen LogP contribution in [-0.2, 0) is 15.1 Å². The van der Waals surface area contributed by atoms with Crippen molar-refractivity contribution in [2.24, 2.45) is 5.92 Å². The molecule has 0 saturated carbocycles. The van der Waals surface area contributed by atoms with Gasteiger partial charge in [-0.05, 0) is 25.5 Å². The van der Waals surface area contributed by atoms with Gasteiger partial charge in [-0.2, -0.15) is 0 Å². The predicted octanol–water partition coefficient (Wildman–Crippen LogP) is 1.30. The van der Waals surface area contributed by atoms with Crippen molar-refractivity contribution in [2.75, 3.05) is 5.32 Å². The van der Waals surface area contributed by atoms with Crippen LogP contribution < -0.4 is 10.6 Å². The standard InChI is InChI=1S/C13H14N2O2/c1-7-3-4-8-10(5-7)14-12(17)9-6-11(16)15-13(8,9)2/h3-5,9H,6H2,1-2H3,(H,14,17)(H,15,16)/t9-,13+/m0/s1.